The first-order valence-corrected chi connectivity index (χ1v) is 11.9. The van der Waals surface area contributed by atoms with Gasteiger partial charge in [-0.2, -0.15) is 9.78 Å². The molecule has 0 aliphatic heterocycles. The van der Waals surface area contributed by atoms with Gasteiger partial charge in [-0.3, -0.25) is 4.79 Å². The summed E-state index contributed by atoms with van der Waals surface area (Å²) in [4.78, 5) is 13.5. The molecule has 5 rings (SSSR count). The summed E-state index contributed by atoms with van der Waals surface area (Å²) < 4.78 is 1.66. The zero-order valence-corrected chi connectivity index (χ0v) is 19.5. The number of hydrogen-bond acceptors (Lipinski definition) is 2. The summed E-state index contributed by atoms with van der Waals surface area (Å²) >= 11 is 0. The van der Waals surface area contributed by atoms with Crippen LogP contribution in [0.25, 0.3) is 28.1 Å². The van der Waals surface area contributed by atoms with E-state index in [0.29, 0.717) is 17.8 Å². The van der Waals surface area contributed by atoms with Crippen LogP contribution in [0.2, 0.25) is 0 Å². The van der Waals surface area contributed by atoms with Gasteiger partial charge in [-0.05, 0) is 53.2 Å². The lowest BCUT2D eigenvalue weighted by molar-refractivity contribution is 0.0956. The van der Waals surface area contributed by atoms with E-state index < -0.39 is 0 Å². The minimum atomic E-state index is -0.105. The van der Waals surface area contributed by atoms with Crippen LogP contribution in [0.1, 0.15) is 67.1 Å². The van der Waals surface area contributed by atoms with Crippen LogP contribution in [0.3, 0.4) is 0 Å². The number of aromatic nitrogens is 2. The van der Waals surface area contributed by atoms with Gasteiger partial charge in [-0.15, -0.1) is 0 Å². The summed E-state index contributed by atoms with van der Waals surface area (Å²) in [5, 5.41) is 7.36. The Morgan fingerprint density at radius 3 is 2.45 bits per heavy atom. The van der Waals surface area contributed by atoms with E-state index in [4.69, 9.17) is 5.10 Å². The predicted octanol–water partition coefficient (Wildman–Crippen LogP) is 7.69. The third-order valence-corrected chi connectivity index (χ3v) is 6.96. The normalized spacial score (nSPS) is 18.2. The lowest BCUT2D eigenvalue weighted by atomic mass is 9.75. The van der Waals surface area contributed by atoms with Crippen LogP contribution in [0.4, 0.5) is 0 Å². The second-order valence-corrected chi connectivity index (χ2v) is 9.53. The molecular weight excluding hydrogens is 404 g/mol. The molecule has 3 heteroatoms. The van der Waals surface area contributed by atoms with Crippen LogP contribution in [0.5, 0.6) is 0 Å². The Kier molecular flexibility index (Phi) is 5.72. The molecule has 3 aromatic carbocycles. The molecule has 33 heavy (non-hydrogen) atoms. The summed E-state index contributed by atoms with van der Waals surface area (Å²) in [5.74, 6) is 1.13. The fraction of sp³-hybridized carbons (Fsp3) is 0.267. The fourth-order valence-electron chi connectivity index (χ4n) is 5.14. The van der Waals surface area contributed by atoms with E-state index in [1.165, 1.54) is 16.3 Å². The second-order valence-electron chi connectivity index (χ2n) is 9.53. The van der Waals surface area contributed by atoms with Gasteiger partial charge in [0.1, 0.15) is 0 Å². The number of hydrogen-bond donors (Lipinski definition) is 0. The zero-order valence-electron chi connectivity index (χ0n) is 19.5. The van der Waals surface area contributed by atoms with Gasteiger partial charge in [0.25, 0.3) is 5.91 Å². The lowest BCUT2D eigenvalue weighted by Crippen LogP contribution is -2.17. The van der Waals surface area contributed by atoms with Gasteiger partial charge >= 0.3 is 0 Å². The highest BCUT2D eigenvalue weighted by Crippen LogP contribution is 2.46. The Bertz CT molecular complexity index is 1330. The average molecular weight is 435 g/mol. The molecule has 1 aliphatic rings. The molecule has 1 aromatic heterocycles. The van der Waals surface area contributed by atoms with Crippen molar-refractivity contribution in [2.24, 2.45) is 5.92 Å². The van der Waals surface area contributed by atoms with E-state index in [1.807, 2.05) is 36.4 Å². The maximum Gasteiger partial charge on any atom is 0.271 e. The third-order valence-electron chi connectivity index (χ3n) is 6.96. The molecule has 2 atom stereocenters. The van der Waals surface area contributed by atoms with Crippen LogP contribution in [-0.4, -0.2) is 15.7 Å². The monoisotopic (exact) mass is 434 g/mol. The van der Waals surface area contributed by atoms with Crippen molar-refractivity contribution in [1.29, 1.82) is 0 Å². The van der Waals surface area contributed by atoms with Crippen LogP contribution in [0, 0.1) is 5.92 Å². The van der Waals surface area contributed by atoms with E-state index in [9.17, 15) is 4.79 Å². The topological polar surface area (TPSA) is 34.9 Å². The number of benzene rings is 3. The summed E-state index contributed by atoms with van der Waals surface area (Å²) in [5.41, 5.74) is 5.37. The molecule has 0 saturated carbocycles. The molecule has 166 valence electrons. The Balaban J connectivity index is 1.68. The van der Waals surface area contributed by atoms with Gasteiger partial charge in [-0.25, -0.2) is 0 Å². The van der Waals surface area contributed by atoms with Crippen molar-refractivity contribution >= 4 is 22.8 Å². The van der Waals surface area contributed by atoms with Crippen molar-refractivity contribution in [2.45, 2.75) is 45.4 Å². The first-order valence-electron chi connectivity index (χ1n) is 11.9. The number of fused-ring (bicyclic) bond motifs is 2. The molecule has 0 spiro atoms. The molecule has 1 heterocycles. The molecule has 0 amide bonds. The number of nitrogens with zero attached hydrogens (tertiary/aromatic N) is 2. The van der Waals surface area contributed by atoms with Crippen LogP contribution < -0.4 is 0 Å². The molecule has 3 nitrogen and oxygen atoms in total. The first-order chi connectivity index (χ1) is 16.0. The average Bonchev–Trinajstić information content (AvgIpc) is 3.24. The zero-order chi connectivity index (χ0) is 22.9. The number of rotatable bonds is 4. The lowest BCUT2D eigenvalue weighted by Gasteiger charge is -2.29. The number of carbonyl (C=O) groups excluding carboxylic acids is 1. The predicted molar refractivity (Wildman–Crippen MR) is 136 cm³/mol. The number of allylic oxidation sites excluding steroid dienone is 1. The maximum atomic E-state index is 13.5. The van der Waals surface area contributed by atoms with Crippen LogP contribution >= 0.6 is 0 Å². The summed E-state index contributed by atoms with van der Waals surface area (Å²) in [6.45, 7) is 6.79. The highest BCUT2D eigenvalue weighted by molar-refractivity contribution is 5.97. The second kappa shape index (κ2) is 8.82. The van der Waals surface area contributed by atoms with Crippen LogP contribution in [0.15, 0.2) is 78.9 Å². The summed E-state index contributed by atoms with van der Waals surface area (Å²) in [6.07, 6.45) is 5.76. The highest BCUT2D eigenvalue weighted by atomic mass is 16.2. The van der Waals surface area contributed by atoms with Crippen LogP contribution in [-0.2, 0) is 0 Å². The Labute approximate surface area is 195 Å². The fourth-order valence-corrected chi connectivity index (χ4v) is 5.14. The number of carbonyl (C=O) groups is 1. The summed E-state index contributed by atoms with van der Waals surface area (Å²) in [7, 11) is 0. The molecule has 4 aromatic rings. The quantitative estimate of drug-likeness (QED) is 0.309. The van der Waals surface area contributed by atoms with Gasteiger partial charge in [0, 0.05) is 23.1 Å². The molecule has 0 unspecified atom stereocenters. The van der Waals surface area contributed by atoms with E-state index in [1.54, 1.807) is 10.8 Å². The van der Waals surface area contributed by atoms with Gasteiger partial charge in [0.15, 0.2) is 0 Å². The van der Waals surface area contributed by atoms with Crippen molar-refractivity contribution in [3.05, 3.63) is 95.7 Å². The molecular formula is C30H30N2O. The Hall–Kier alpha value is -3.46. The van der Waals surface area contributed by atoms with Crippen molar-refractivity contribution in [2.75, 3.05) is 0 Å². The van der Waals surface area contributed by atoms with E-state index >= 15 is 0 Å². The Morgan fingerprint density at radius 1 is 0.970 bits per heavy atom. The minimum Gasteiger partial charge on any atom is -0.267 e. The summed E-state index contributed by atoms with van der Waals surface area (Å²) in [6, 6.07) is 24.8. The van der Waals surface area contributed by atoms with Crippen molar-refractivity contribution in [3.63, 3.8) is 0 Å². The molecule has 0 N–H and O–H groups in total. The molecule has 0 radical (unpaired) electrons. The van der Waals surface area contributed by atoms with E-state index in [0.717, 1.165) is 35.4 Å². The first kappa shape index (κ1) is 21.4. The van der Waals surface area contributed by atoms with E-state index in [-0.39, 0.29) is 5.91 Å². The highest BCUT2D eigenvalue weighted by Gasteiger charge is 2.34. The van der Waals surface area contributed by atoms with E-state index in [2.05, 4.69) is 63.2 Å². The van der Waals surface area contributed by atoms with Crippen molar-refractivity contribution in [3.8, 4) is 11.3 Å². The SMILES string of the molecule is CC(C)[C@@H]1CC[C@@H](C)c2c1nn(C(=O)/C=C/c1ccccc1)c2-c1ccc2ccccc2c1. The largest absolute Gasteiger partial charge is 0.271 e. The van der Waals surface area contributed by atoms with Gasteiger partial charge in [0.05, 0.1) is 11.4 Å². The molecule has 0 bridgehead atoms. The minimum absolute atomic E-state index is 0.105. The van der Waals surface area contributed by atoms with Gasteiger partial charge in [-0.1, -0.05) is 87.5 Å². The molecule has 1 aliphatic carbocycles. The standard InChI is InChI=1S/C30H30N2O/c1-20(2)26-17-13-21(3)28-29(26)31-32(27(33)18-14-22-9-5-4-6-10-22)30(28)25-16-15-23-11-7-8-12-24(23)19-25/h4-12,14-16,18-21,26H,13,17H2,1-3H3/b18-14+/t21-,26+/m1/s1. The van der Waals surface area contributed by atoms with Crippen molar-refractivity contribution < 1.29 is 4.79 Å². The molecule has 0 saturated heterocycles. The Morgan fingerprint density at radius 2 is 1.70 bits per heavy atom. The van der Waals surface area contributed by atoms with Gasteiger partial charge < -0.3 is 0 Å². The third kappa shape index (κ3) is 4.04. The maximum absolute atomic E-state index is 13.5. The van der Waals surface area contributed by atoms with Crippen molar-refractivity contribution in [1.82, 2.24) is 9.78 Å². The van der Waals surface area contributed by atoms with Gasteiger partial charge in [0.2, 0.25) is 0 Å². The molecule has 0 fully saturated rings. The smallest absolute Gasteiger partial charge is 0.267 e.